The number of ketones is 1. The van der Waals surface area contributed by atoms with Crippen LogP contribution in [0.3, 0.4) is 0 Å². The lowest BCUT2D eigenvalue weighted by molar-refractivity contribution is -0.116. The van der Waals surface area contributed by atoms with Gasteiger partial charge >= 0.3 is 5.97 Å². The lowest BCUT2D eigenvalue weighted by atomic mass is 10.0. The van der Waals surface area contributed by atoms with Crippen LogP contribution in [0.25, 0.3) is 11.1 Å². The fourth-order valence-electron chi connectivity index (χ4n) is 2.77. The Balaban J connectivity index is 1.71. The topological polar surface area (TPSA) is 43.4 Å². The molecule has 0 aromatic heterocycles. The van der Waals surface area contributed by atoms with Crippen molar-refractivity contribution in [2.45, 2.75) is 20.3 Å². The molecule has 0 fully saturated rings. The van der Waals surface area contributed by atoms with Gasteiger partial charge in [-0.3, -0.25) is 4.79 Å². The Kier molecular flexibility index (Phi) is 5.46. The molecule has 0 unspecified atom stereocenters. The molecule has 0 aliphatic rings. The minimum Gasteiger partial charge on any atom is -0.423 e. The number of benzene rings is 3. The molecule has 0 aliphatic carbocycles. The first kappa shape index (κ1) is 18.5. The van der Waals surface area contributed by atoms with Crippen molar-refractivity contribution in [3.63, 3.8) is 0 Å². The van der Waals surface area contributed by atoms with Crippen LogP contribution >= 0.6 is 0 Å². The van der Waals surface area contributed by atoms with Crippen LogP contribution < -0.4 is 4.74 Å². The third kappa shape index (κ3) is 4.67. The van der Waals surface area contributed by atoms with Crippen molar-refractivity contribution in [2.75, 3.05) is 0 Å². The van der Waals surface area contributed by atoms with Gasteiger partial charge in [-0.25, -0.2) is 9.18 Å². The van der Waals surface area contributed by atoms with Crippen molar-refractivity contribution >= 4 is 11.8 Å². The second-order valence-corrected chi connectivity index (χ2v) is 6.47. The molecule has 3 aromatic rings. The van der Waals surface area contributed by atoms with Gasteiger partial charge in [0.1, 0.15) is 17.3 Å². The molecule has 0 spiro atoms. The SMILES string of the molecule is CC(=O)Cc1ccc(-c2ccc(OC(=O)c3ccc(C)cc3F)cc2)cc1. The van der Waals surface area contributed by atoms with Crippen molar-refractivity contribution in [1.82, 2.24) is 0 Å². The van der Waals surface area contributed by atoms with Crippen LogP contribution in [0.5, 0.6) is 5.75 Å². The summed E-state index contributed by atoms with van der Waals surface area (Å²) in [5.74, 6) is -0.855. The van der Waals surface area contributed by atoms with Gasteiger partial charge in [0.15, 0.2) is 0 Å². The lowest BCUT2D eigenvalue weighted by Gasteiger charge is -2.08. The van der Waals surface area contributed by atoms with Crippen LogP contribution in [-0.2, 0) is 11.2 Å². The number of halogens is 1. The number of ether oxygens (including phenoxy) is 1. The van der Waals surface area contributed by atoms with Gasteiger partial charge in [0.25, 0.3) is 0 Å². The Labute approximate surface area is 157 Å². The van der Waals surface area contributed by atoms with Gasteiger partial charge in [-0.05, 0) is 60.4 Å². The highest BCUT2D eigenvalue weighted by molar-refractivity contribution is 5.91. The van der Waals surface area contributed by atoms with Crippen LogP contribution in [0.2, 0.25) is 0 Å². The van der Waals surface area contributed by atoms with E-state index in [4.69, 9.17) is 4.74 Å². The predicted octanol–water partition coefficient (Wildman–Crippen LogP) is 5.15. The number of hydrogen-bond donors (Lipinski definition) is 0. The molecule has 0 N–H and O–H groups in total. The number of rotatable bonds is 5. The first-order valence-corrected chi connectivity index (χ1v) is 8.59. The zero-order valence-corrected chi connectivity index (χ0v) is 15.2. The maximum Gasteiger partial charge on any atom is 0.346 e. The van der Waals surface area contributed by atoms with Gasteiger partial charge in [-0.15, -0.1) is 0 Å². The van der Waals surface area contributed by atoms with E-state index in [1.807, 2.05) is 36.4 Å². The Bertz CT molecular complexity index is 974. The van der Waals surface area contributed by atoms with Crippen LogP contribution in [0, 0.1) is 12.7 Å². The normalized spacial score (nSPS) is 10.5. The minimum absolute atomic E-state index is 0.0919. The molecule has 27 heavy (non-hydrogen) atoms. The summed E-state index contributed by atoms with van der Waals surface area (Å²) < 4.78 is 19.1. The smallest absolute Gasteiger partial charge is 0.346 e. The van der Waals surface area contributed by atoms with E-state index in [2.05, 4.69) is 0 Å². The highest BCUT2D eigenvalue weighted by Gasteiger charge is 2.14. The summed E-state index contributed by atoms with van der Waals surface area (Å²) in [5, 5.41) is 0. The number of Topliss-reactive ketones (excluding diaryl/α,β-unsaturated/α-hetero) is 1. The molecule has 3 aromatic carbocycles. The van der Waals surface area contributed by atoms with Crippen molar-refractivity contribution in [3.05, 3.63) is 89.2 Å². The molecule has 0 amide bonds. The highest BCUT2D eigenvalue weighted by atomic mass is 19.1. The van der Waals surface area contributed by atoms with E-state index in [1.165, 1.54) is 12.1 Å². The molecule has 0 bridgehead atoms. The molecule has 3 rings (SSSR count). The second kappa shape index (κ2) is 7.96. The van der Waals surface area contributed by atoms with Gasteiger partial charge in [-0.1, -0.05) is 42.5 Å². The molecule has 0 radical (unpaired) electrons. The maximum absolute atomic E-state index is 13.9. The summed E-state index contributed by atoms with van der Waals surface area (Å²) in [6, 6.07) is 19.1. The lowest BCUT2D eigenvalue weighted by Crippen LogP contribution is -2.10. The van der Waals surface area contributed by atoms with E-state index in [0.29, 0.717) is 12.2 Å². The van der Waals surface area contributed by atoms with E-state index in [0.717, 1.165) is 22.3 Å². The molecule has 136 valence electrons. The number of carbonyl (C=O) groups excluding carboxylic acids is 2. The fourth-order valence-corrected chi connectivity index (χ4v) is 2.77. The molecule has 0 aliphatic heterocycles. The zero-order valence-electron chi connectivity index (χ0n) is 15.2. The van der Waals surface area contributed by atoms with Crippen LogP contribution in [0.15, 0.2) is 66.7 Å². The van der Waals surface area contributed by atoms with Gasteiger partial charge < -0.3 is 4.74 Å². The van der Waals surface area contributed by atoms with Gasteiger partial charge in [0.2, 0.25) is 0 Å². The number of aryl methyl sites for hydroxylation is 1. The molecule has 0 atom stereocenters. The molecular weight excluding hydrogens is 343 g/mol. The molecule has 4 heteroatoms. The molecular formula is C23H19FO3. The summed E-state index contributed by atoms with van der Waals surface area (Å²) in [7, 11) is 0. The average molecular weight is 362 g/mol. The summed E-state index contributed by atoms with van der Waals surface area (Å²) in [5.41, 5.74) is 3.56. The summed E-state index contributed by atoms with van der Waals surface area (Å²) >= 11 is 0. The summed E-state index contributed by atoms with van der Waals surface area (Å²) in [4.78, 5) is 23.3. The van der Waals surface area contributed by atoms with Crippen LogP contribution in [0.4, 0.5) is 4.39 Å². The quantitative estimate of drug-likeness (QED) is 0.466. The molecule has 0 saturated heterocycles. The van der Waals surface area contributed by atoms with E-state index in [9.17, 15) is 14.0 Å². The molecule has 3 nitrogen and oxygen atoms in total. The Morgan fingerprint density at radius 1 is 0.889 bits per heavy atom. The third-order valence-electron chi connectivity index (χ3n) is 4.15. The Morgan fingerprint density at radius 3 is 2.04 bits per heavy atom. The van der Waals surface area contributed by atoms with Crippen molar-refractivity contribution in [3.8, 4) is 16.9 Å². The second-order valence-electron chi connectivity index (χ2n) is 6.47. The number of hydrogen-bond acceptors (Lipinski definition) is 3. The monoisotopic (exact) mass is 362 g/mol. The van der Waals surface area contributed by atoms with Gasteiger partial charge in [-0.2, -0.15) is 0 Å². The first-order valence-electron chi connectivity index (χ1n) is 8.59. The predicted molar refractivity (Wildman–Crippen MR) is 102 cm³/mol. The number of carbonyl (C=O) groups is 2. The van der Waals surface area contributed by atoms with Crippen molar-refractivity contribution in [1.29, 1.82) is 0 Å². The van der Waals surface area contributed by atoms with Crippen molar-refractivity contribution < 1.29 is 18.7 Å². The fraction of sp³-hybridized carbons (Fsp3) is 0.130. The van der Waals surface area contributed by atoms with E-state index in [1.54, 1.807) is 32.0 Å². The van der Waals surface area contributed by atoms with Gasteiger partial charge in [0, 0.05) is 6.42 Å². The Hall–Kier alpha value is -3.27. The minimum atomic E-state index is -0.728. The zero-order chi connectivity index (χ0) is 19.4. The summed E-state index contributed by atoms with van der Waals surface area (Å²) in [6.45, 7) is 3.32. The van der Waals surface area contributed by atoms with Crippen LogP contribution in [0.1, 0.15) is 28.4 Å². The average Bonchev–Trinajstić information content (AvgIpc) is 2.62. The van der Waals surface area contributed by atoms with E-state index >= 15 is 0 Å². The number of esters is 1. The largest absolute Gasteiger partial charge is 0.423 e. The van der Waals surface area contributed by atoms with E-state index < -0.39 is 11.8 Å². The van der Waals surface area contributed by atoms with Crippen molar-refractivity contribution in [2.24, 2.45) is 0 Å². The highest BCUT2D eigenvalue weighted by Crippen LogP contribution is 2.24. The van der Waals surface area contributed by atoms with Gasteiger partial charge in [0.05, 0.1) is 5.56 Å². The first-order chi connectivity index (χ1) is 12.9. The van der Waals surface area contributed by atoms with Crippen LogP contribution in [-0.4, -0.2) is 11.8 Å². The van der Waals surface area contributed by atoms with E-state index in [-0.39, 0.29) is 11.3 Å². The third-order valence-corrected chi connectivity index (χ3v) is 4.15. The maximum atomic E-state index is 13.9. The standard InChI is InChI=1S/C23H19FO3/c1-15-3-12-21(22(24)13-15)23(26)27-20-10-8-19(9-11-20)18-6-4-17(5-7-18)14-16(2)25/h3-13H,14H2,1-2H3. The molecule has 0 saturated carbocycles. The Morgan fingerprint density at radius 2 is 1.48 bits per heavy atom. The summed E-state index contributed by atoms with van der Waals surface area (Å²) in [6.07, 6.45) is 0.421. The molecule has 0 heterocycles.